The molecular weight excluding hydrogens is 305 g/mol. The fourth-order valence-corrected chi connectivity index (χ4v) is 2.07. The molecule has 3 nitrogen and oxygen atoms in total. The first kappa shape index (κ1) is 17.0. The number of nitrogens with one attached hydrogen (secondary N) is 1. The number of nitrogens with zero attached hydrogens (tertiary/aromatic N) is 1. The molecule has 0 saturated carbocycles. The van der Waals surface area contributed by atoms with Gasteiger partial charge in [-0.2, -0.15) is 0 Å². The zero-order chi connectivity index (χ0) is 17.0. The molecule has 0 aliphatic heterocycles. The second-order valence-electron chi connectivity index (χ2n) is 5.29. The van der Waals surface area contributed by atoms with Crippen LogP contribution in [0.4, 0.5) is 18.9 Å². The Balaban J connectivity index is 2.04. The number of benzene rings is 2. The minimum atomic E-state index is -1.60. The Kier molecular flexibility index (Phi) is 5.39. The standard InChI is InChI=1S/C17H17F3N2O/c1-11(22(2)10-12-6-4-3-5-7-12)17(23)21-14-9-8-13(18)15(19)16(14)20/h3-9,11H,10H2,1-2H3,(H,21,23). The Labute approximate surface area is 132 Å². The maximum absolute atomic E-state index is 13.6. The predicted molar refractivity (Wildman–Crippen MR) is 82.3 cm³/mol. The third-order valence-electron chi connectivity index (χ3n) is 3.61. The van der Waals surface area contributed by atoms with Crippen molar-refractivity contribution in [2.45, 2.75) is 19.5 Å². The van der Waals surface area contributed by atoms with Crippen molar-refractivity contribution >= 4 is 11.6 Å². The summed E-state index contributed by atoms with van der Waals surface area (Å²) in [4.78, 5) is 13.9. The quantitative estimate of drug-likeness (QED) is 0.854. The Morgan fingerprint density at radius 1 is 1.09 bits per heavy atom. The SMILES string of the molecule is CC(C(=O)Nc1ccc(F)c(F)c1F)N(C)Cc1ccccc1. The van der Waals surface area contributed by atoms with Crippen LogP contribution in [0.2, 0.25) is 0 Å². The first-order valence-corrected chi connectivity index (χ1v) is 7.08. The highest BCUT2D eigenvalue weighted by atomic mass is 19.2. The minimum Gasteiger partial charge on any atom is -0.322 e. The van der Waals surface area contributed by atoms with Crippen LogP contribution in [0.25, 0.3) is 0 Å². The topological polar surface area (TPSA) is 32.3 Å². The van der Waals surface area contributed by atoms with Crippen LogP contribution in [0.3, 0.4) is 0 Å². The molecule has 23 heavy (non-hydrogen) atoms. The van der Waals surface area contributed by atoms with Gasteiger partial charge in [-0.1, -0.05) is 30.3 Å². The predicted octanol–water partition coefficient (Wildman–Crippen LogP) is 3.56. The van der Waals surface area contributed by atoms with E-state index in [2.05, 4.69) is 5.32 Å². The van der Waals surface area contributed by atoms with E-state index in [0.29, 0.717) is 6.54 Å². The van der Waals surface area contributed by atoms with E-state index < -0.39 is 29.4 Å². The van der Waals surface area contributed by atoms with E-state index in [-0.39, 0.29) is 5.69 Å². The highest BCUT2D eigenvalue weighted by molar-refractivity contribution is 5.94. The molecule has 6 heteroatoms. The molecule has 2 rings (SSSR count). The monoisotopic (exact) mass is 322 g/mol. The molecule has 2 aromatic carbocycles. The van der Waals surface area contributed by atoms with Crippen molar-refractivity contribution in [3.8, 4) is 0 Å². The first-order valence-electron chi connectivity index (χ1n) is 7.08. The van der Waals surface area contributed by atoms with Gasteiger partial charge in [0.25, 0.3) is 0 Å². The molecule has 1 atom stereocenters. The molecule has 0 saturated heterocycles. The van der Waals surface area contributed by atoms with E-state index in [1.165, 1.54) is 0 Å². The molecule has 0 heterocycles. The lowest BCUT2D eigenvalue weighted by Gasteiger charge is -2.24. The number of anilines is 1. The third-order valence-corrected chi connectivity index (χ3v) is 3.61. The van der Waals surface area contributed by atoms with Gasteiger partial charge in [0.15, 0.2) is 17.5 Å². The Morgan fingerprint density at radius 2 is 1.74 bits per heavy atom. The van der Waals surface area contributed by atoms with Crippen molar-refractivity contribution in [3.63, 3.8) is 0 Å². The number of amides is 1. The normalized spacial score (nSPS) is 12.3. The molecule has 2 aromatic rings. The van der Waals surface area contributed by atoms with Gasteiger partial charge in [0.05, 0.1) is 11.7 Å². The lowest BCUT2D eigenvalue weighted by molar-refractivity contribution is -0.120. The van der Waals surface area contributed by atoms with Gasteiger partial charge in [-0.3, -0.25) is 9.69 Å². The molecular formula is C17H17F3N2O. The van der Waals surface area contributed by atoms with Crippen LogP contribution in [0.1, 0.15) is 12.5 Å². The molecule has 0 fully saturated rings. The van der Waals surface area contributed by atoms with Crippen LogP contribution in [0, 0.1) is 17.5 Å². The molecule has 122 valence electrons. The summed E-state index contributed by atoms with van der Waals surface area (Å²) in [6, 6.07) is 10.7. The number of halogens is 3. The second-order valence-corrected chi connectivity index (χ2v) is 5.29. The maximum atomic E-state index is 13.6. The summed E-state index contributed by atoms with van der Waals surface area (Å²) in [5, 5.41) is 2.28. The van der Waals surface area contributed by atoms with Gasteiger partial charge in [0, 0.05) is 6.54 Å². The molecule has 0 aliphatic rings. The van der Waals surface area contributed by atoms with Crippen LogP contribution < -0.4 is 5.32 Å². The zero-order valence-corrected chi connectivity index (χ0v) is 12.8. The van der Waals surface area contributed by atoms with Crippen molar-refractivity contribution in [3.05, 3.63) is 65.5 Å². The van der Waals surface area contributed by atoms with Gasteiger partial charge in [-0.25, -0.2) is 13.2 Å². The average Bonchev–Trinajstić information content (AvgIpc) is 2.55. The highest BCUT2D eigenvalue weighted by Crippen LogP contribution is 2.20. The van der Waals surface area contributed by atoms with Crippen LogP contribution in [-0.2, 0) is 11.3 Å². The molecule has 1 unspecified atom stereocenters. The molecule has 1 amide bonds. The summed E-state index contributed by atoms with van der Waals surface area (Å²) >= 11 is 0. The fourth-order valence-electron chi connectivity index (χ4n) is 2.07. The first-order chi connectivity index (χ1) is 10.9. The summed E-state index contributed by atoms with van der Waals surface area (Å²) in [7, 11) is 1.75. The van der Waals surface area contributed by atoms with E-state index >= 15 is 0 Å². The summed E-state index contributed by atoms with van der Waals surface area (Å²) in [6.45, 7) is 2.17. The highest BCUT2D eigenvalue weighted by Gasteiger charge is 2.21. The lowest BCUT2D eigenvalue weighted by atomic mass is 10.2. The van der Waals surface area contributed by atoms with Crippen molar-refractivity contribution in [1.82, 2.24) is 4.90 Å². The van der Waals surface area contributed by atoms with Crippen molar-refractivity contribution in [1.29, 1.82) is 0 Å². The van der Waals surface area contributed by atoms with Crippen molar-refractivity contribution in [2.75, 3.05) is 12.4 Å². The number of carbonyl (C=O) groups excluding carboxylic acids is 1. The van der Waals surface area contributed by atoms with Gasteiger partial charge in [0.1, 0.15) is 0 Å². The fraction of sp³-hybridized carbons (Fsp3) is 0.235. The maximum Gasteiger partial charge on any atom is 0.241 e. The number of carbonyl (C=O) groups is 1. The van der Waals surface area contributed by atoms with Crippen LogP contribution in [0.5, 0.6) is 0 Å². The molecule has 0 aromatic heterocycles. The second kappa shape index (κ2) is 7.28. The van der Waals surface area contributed by atoms with E-state index in [4.69, 9.17) is 0 Å². The van der Waals surface area contributed by atoms with Crippen LogP contribution >= 0.6 is 0 Å². The Morgan fingerprint density at radius 3 is 2.39 bits per heavy atom. The van der Waals surface area contributed by atoms with Gasteiger partial charge < -0.3 is 5.32 Å². The van der Waals surface area contributed by atoms with E-state index in [1.807, 2.05) is 30.3 Å². The Bertz CT molecular complexity index is 692. The van der Waals surface area contributed by atoms with Gasteiger partial charge in [-0.05, 0) is 31.7 Å². The zero-order valence-electron chi connectivity index (χ0n) is 12.8. The van der Waals surface area contributed by atoms with Crippen molar-refractivity contribution in [2.24, 2.45) is 0 Å². The average molecular weight is 322 g/mol. The largest absolute Gasteiger partial charge is 0.322 e. The van der Waals surface area contributed by atoms with Crippen LogP contribution in [0.15, 0.2) is 42.5 Å². The molecule has 0 aliphatic carbocycles. The van der Waals surface area contributed by atoms with E-state index in [0.717, 1.165) is 17.7 Å². The molecule has 0 radical (unpaired) electrons. The molecule has 0 spiro atoms. The summed E-state index contributed by atoms with van der Waals surface area (Å²) in [5.74, 6) is -4.81. The Hall–Kier alpha value is -2.34. The molecule has 0 bridgehead atoms. The van der Waals surface area contributed by atoms with Gasteiger partial charge in [0.2, 0.25) is 5.91 Å². The van der Waals surface area contributed by atoms with E-state index in [9.17, 15) is 18.0 Å². The lowest BCUT2D eigenvalue weighted by Crippen LogP contribution is -2.39. The smallest absolute Gasteiger partial charge is 0.241 e. The third kappa shape index (κ3) is 4.10. The van der Waals surface area contributed by atoms with Gasteiger partial charge >= 0.3 is 0 Å². The molecule has 1 N–H and O–H groups in total. The number of rotatable bonds is 5. The van der Waals surface area contributed by atoms with Gasteiger partial charge in [-0.15, -0.1) is 0 Å². The van der Waals surface area contributed by atoms with E-state index in [1.54, 1.807) is 18.9 Å². The number of hydrogen-bond acceptors (Lipinski definition) is 2. The summed E-state index contributed by atoms with van der Waals surface area (Å²) in [5.41, 5.74) is 0.641. The van der Waals surface area contributed by atoms with Crippen LogP contribution in [-0.4, -0.2) is 23.9 Å². The minimum absolute atomic E-state index is 0.381. The summed E-state index contributed by atoms with van der Waals surface area (Å²) in [6.07, 6.45) is 0. The number of likely N-dealkylation sites (N-methyl/N-ethyl adjacent to an activating group) is 1. The van der Waals surface area contributed by atoms with Crippen molar-refractivity contribution < 1.29 is 18.0 Å². The summed E-state index contributed by atoms with van der Waals surface area (Å²) < 4.78 is 39.7. The number of hydrogen-bond donors (Lipinski definition) is 1.